The van der Waals surface area contributed by atoms with Crippen molar-refractivity contribution in [3.63, 3.8) is 0 Å². The lowest BCUT2D eigenvalue weighted by Crippen LogP contribution is -2.26. The molecular formula is C17H18F2N4O2. The predicted octanol–water partition coefficient (Wildman–Crippen LogP) is 3.28. The van der Waals surface area contributed by atoms with Gasteiger partial charge in [0.05, 0.1) is 12.6 Å². The summed E-state index contributed by atoms with van der Waals surface area (Å²) in [6.07, 6.45) is 1.53. The van der Waals surface area contributed by atoms with E-state index in [9.17, 15) is 8.78 Å². The van der Waals surface area contributed by atoms with Gasteiger partial charge in [-0.3, -0.25) is 4.90 Å². The van der Waals surface area contributed by atoms with Crippen molar-refractivity contribution >= 4 is 10.9 Å². The molecule has 0 unspecified atom stereocenters. The van der Waals surface area contributed by atoms with E-state index in [2.05, 4.69) is 15.2 Å². The summed E-state index contributed by atoms with van der Waals surface area (Å²) in [6, 6.07) is 7.26. The Morgan fingerprint density at radius 1 is 1.36 bits per heavy atom. The molecule has 132 valence electrons. The second-order valence-electron chi connectivity index (χ2n) is 6.35. The molecule has 0 radical (unpaired) electrons. The zero-order valence-electron chi connectivity index (χ0n) is 13.7. The Bertz CT molecular complexity index is 876. The standard InChI is InChI=1S/C17H18F2N4O2/c1-24-9-15-21-22-16(25-15)14-7-17(18,19)10-23(14)8-11-2-3-13-12(6-11)4-5-20-13/h2-6,14,20H,7-10H2,1H3/t14-/m0/s1. The van der Waals surface area contributed by atoms with Crippen LogP contribution in [0, 0.1) is 0 Å². The number of nitrogens with zero attached hydrogens (tertiary/aromatic N) is 3. The van der Waals surface area contributed by atoms with E-state index >= 15 is 0 Å². The third-order valence-corrected chi connectivity index (χ3v) is 4.41. The van der Waals surface area contributed by atoms with Crippen LogP contribution in [0.5, 0.6) is 0 Å². The van der Waals surface area contributed by atoms with Gasteiger partial charge < -0.3 is 14.1 Å². The minimum absolute atomic E-state index is 0.167. The van der Waals surface area contributed by atoms with Gasteiger partial charge in [-0.15, -0.1) is 10.2 Å². The Balaban J connectivity index is 1.58. The molecule has 1 saturated heterocycles. The maximum atomic E-state index is 14.0. The second kappa shape index (κ2) is 6.20. The predicted molar refractivity (Wildman–Crippen MR) is 86.0 cm³/mol. The number of hydrogen-bond acceptors (Lipinski definition) is 5. The van der Waals surface area contributed by atoms with Crippen LogP contribution in [-0.4, -0.2) is 39.7 Å². The summed E-state index contributed by atoms with van der Waals surface area (Å²) in [4.78, 5) is 4.82. The molecule has 6 nitrogen and oxygen atoms in total. The van der Waals surface area contributed by atoms with Crippen LogP contribution in [-0.2, 0) is 17.9 Å². The molecule has 0 spiro atoms. The summed E-state index contributed by atoms with van der Waals surface area (Å²) in [5.74, 6) is -2.27. The Morgan fingerprint density at radius 3 is 3.08 bits per heavy atom. The van der Waals surface area contributed by atoms with Crippen LogP contribution in [0.3, 0.4) is 0 Å². The Kier molecular flexibility index (Phi) is 4.01. The molecule has 3 aromatic rings. The molecule has 4 rings (SSSR count). The average Bonchev–Trinajstić information content (AvgIpc) is 3.26. The van der Waals surface area contributed by atoms with Crippen molar-refractivity contribution in [3.05, 3.63) is 47.8 Å². The van der Waals surface area contributed by atoms with Gasteiger partial charge in [0, 0.05) is 31.8 Å². The molecule has 0 aliphatic carbocycles. The minimum Gasteiger partial charge on any atom is -0.421 e. The summed E-state index contributed by atoms with van der Waals surface area (Å²) >= 11 is 0. The Labute approximate surface area is 142 Å². The normalized spacial score (nSPS) is 20.5. The van der Waals surface area contributed by atoms with Crippen molar-refractivity contribution in [2.75, 3.05) is 13.7 Å². The molecule has 1 fully saturated rings. The smallest absolute Gasteiger partial charge is 0.262 e. The molecule has 2 aromatic heterocycles. The zero-order chi connectivity index (χ0) is 17.4. The lowest BCUT2D eigenvalue weighted by Gasteiger charge is -2.21. The number of ether oxygens (including phenoxy) is 1. The van der Waals surface area contributed by atoms with E-state index in [4.69, 9.17) is 9.15 Å². The molecule has 1 N–H and O–H groups in total. The summed E-state index contributed by atoms with van der Waals surface area (Å²) in [7, 11) is 1.51. The molecular weight excluding hydrogens is 330 g/mol. The number of fused-ring (bicyclic) bond motifs is 1. The van der Waals surface area contributed by atoms with E-state index < -0.39 is 12.0 Å². The van der Waals surface area contributed by atoms with Gasteiger partial charge in [0.2, 0.25) is 11.8 Å². The lowest BCUT2D eigenvalue weighted by atomic mass is 10.1. The van der Waals surface area contributed by atoms with Crippen molar-refractivity contribution in [3.8, 4) is 0 Å². The van der Waals surface area contributed by atoms with Gasteiger partial charge in [0.25, 0.3) is 5.92 Å². The van der Waals surface area contributed by atoms with Crippen molar-refractivity contribution in [1.82, 2.24) is 20.1 Å². The summed E-state index contributed by atoms with van der Waals surface area (Å²) in [5, 5.41) is 8.85. The first-order valence-corrected chi connectivity index (χ1v) is 8.03. The van der Waals surface area contributed by atoms with E-state index in [0.717, 1.165) is 16.5 Å². The van der Waals surface area contributed by atoms with E-state index in [1.54, 1.807) is 4.90 Å². The van der Waals surface area contributed by atoms with Crippen LogP contribution >= 0.6 is 0 Å². The van der Waals surface area contributed by atoms with Crippen molar-refractivity contribution in [2.45, 2.75) is 31.5 Å². The fraction of sp³-hybridized carbons (Fsp3) is 0.412. The first-order valence-electron chi connectivity index (χ1n) is 8.03. The highest BCUT2D eigenvalue weighted by Crippen LogP contribution is 2.41. The highest BCUT2D eigenvalue weighted by atomic mass is 19.3. The highest BCUT2D eigenvalue weighted by Gasteiger charge is 2.47. The fourth-order valence-corrected chi connectivity index (χ4v) is 3.31. The Hall–Kier alpha value is -2.32. The van der Waals surface area contributed by atoms with Crippen LogP contribution in [0.4, 0.5) is 8.78 Å². The van der Waals surface area contributed by atoms with Crippen molar-refractivity contribution in [1.29, 1.82) is 0 Å². The molecule has 1 aliphatic heterocycles. The number of likely N-dealkylation sites (tertiary alicyclic amines) is 1. The number of rotatable bonds is 5. The number of hydrogen-bond donors (Lipinski definition) is 1. The molecule has 8 heteroatoms. The van der Waals surface area contributed by atoms with Crippen LogP contribution in [0.25, 0.3) is 10.9 Å². The quantitative estimate of drug-likeness (QED) is 0.766. The van der Waals surface area contributed by atoms with Gasteiger partial charge in [0.1, 0.15) is 6.61 Å². The van der Waals surface area contributed by atoms with Crippen LogP contribution < -0.4 is 0 Å². The first-order chi connectivity index (χ1) is 12.0. The van der Waals surface area contributed by atoms with Gasteiger partial charge >= 0.3 is 0 Å². The van der Waals surface area contributed by atoms with Gasteiger partial charge in [-0.25, -0.2) is 8.78 Å². The van der Waals surface area contributed by atoms with Crippen LogP contribution in [0.2, 0.25) is 0 Å². The Morgan fingerprint density at radius 2 is 2.24 bits per heavy atom. The monoisotopic (exact) mass is 348 g/mol. The SMILES string of the molecule is COCc1nnc([C@@H]2CC(F)(F)CN2Cc2ccc3[nH]ccc3c2)o1. The number of nitrogens with one attached hydrogen (secondary N) is 1. The third kappa shape index (κ3) is 3.27. The molecule has 1 aromatic carbocycles. The second-order valence-corrected chi connectivity index (χ2v) is 6.35. The number of aromatic amines is 1. The fourth-order valence-electron chi connectivity index (χ4n) is 3.31. The molecule has 25 heavy (non-hydrogen) atoms. The van der Waals surface area contributed by atoms with E-state index in [1.165, 1.54) is 7.11 Å². The summed E-state index contributed by atoms with van der Waals surface area (Å²) in [5.41, 5.74) is 1.99. The number of aromatic nitrogens is 3. The number of halogens is 2. The average molecular weight is 348 g/mol. The molecule has 0 saturated carbocycles. The molecule has 0 bridgehead atoms. The van der Waals surface area contributed by atoms with Crippen LogP contribution in [0.1, 0.15) is 29.8 Å². The number of H-pyrrole nitrogens is 1. The minimum atomic E-state index is -2.78. The molecule has 1 atom stereocenters. The maximum Gasteiger partial charge on any atom is 0.262 e. The first kappa shape index (κ1) is 16.2. The molecule has 0 amide bonds. The zero-order valence-corrected chi connectivity index (χ0v) is 13.7. The van der Waals surface area contributed by atoms with Crippen LogP contribution in [0.15, 0.2) is 34.9 Å². The van der Waals surface area contributed by atoms with Crippen molar-refractivity contribution in [2.24, 2.45) is 0 Å². The van der Waals surface area contributed by atoms with Crippen molar-refractivity contribution < 1.29 is 17.9 Å². The summed E-state index contributed by atoms with van der Waals surface area (Å²) < 4.78 is 38.5. The number of methoxy groups -OCH3 is 1. The lowest BCUT2D eigenvalue weighted by molar-refractivity contribution is 0.0112. The van der Waals surface area contributed by atoms with E-state index in [-0.39, 0.29) is 25.5 Å². The largest absolute Gasteiger partial charge is 0.421 e. The van der Waals surface area contributed by atoms with Gasteiger partial charge in [-0.2, -0.15) is 0 Å². The third-order valence-electron chi connectivity index (χ3n) is 4.41. The highest BCUT2D eigenvalue weighted by molar-refractivity contribution is 5.79. The summed E-state index contributed by atoms with van der Waals surface area (Å²) in [6.45, 7) is 0.231. The molecule has 3 heterocycles. The van der Waals surface area contributed by atoms with Gasteiger partial charge in [-0.05, 0) is 29.1 Å². The van der Waals surface area contributed by atoms with Gasteiger partial charge in [0.15, 0.2) is 0 Å². The van der Waals surface area contributed by atoms with E-state index in [1.807, 2.05) is 30.5 Å². The van der Waals surface area contributed by atoms with E-state index in [0.29, 0.717) is 12.4 Å². The number of alkyl halides is 2. The van der Waals surface area contributed by atoms with Gasteiger partial charge in [-0.1, -0.05) is 6.07 Å². The topological polar surface area (TPSA) is 67.2 Å². The number of benzene rings is 1. The maximum absolute atomic E-state index is 14.0. The molecule has 1 aliphatic rings.